The van der Waals surface area contributed by atoms with Crippen molar-refractivity contribution in [2.45, 2.75) is 31.9 Å². The smallest absolute Gasteiger partial charge is 0.123 e. The molecule has 3 rings (SSSR count). The molecule has 134 valence electrons. The van der Waals surface area contributed by atoms with Crippen LogP contribution in [-0.2, 0) is 6.54 Å². The number of hydrogen-bond acceptors (Lipinski definition) is 5. The van der Waals surface area contributed by atoms with Gasteiger partial charge in [-0.1, -0.05) is 24.6 Å². The fourth-order valence-corrected chi connectivity index (χ4v) is 4.43. The molecule has 0 amide bonds. The summed E-state index contributed by atoms with van der Waals surface area (Å²) in [6.45, 7) is 6.57. The number of β-amino-alcohol motifs (C(OH)–C–C–N with tert-alkyl or cyclic N) is 1. The molecule has 1 unspecified atom stereocenters. The monoisotopic (exact) mass is 350 g/mol. The van der Waals surface area contributed by atoms with E-state index in [0.29, 0.717) is 6.61 Å². The molecule has 2 fully saturated rings. The van der Waals surface area contributed by atoms with Gasteiger partial charge in [0.1, 0.15) is 18.5 Å². The minimum absolute atomic E-state index is 0.378. The van der Waals surface area contributed by atoms with E-state index in [2.05, 4.69) is 21.9 Å². The molecular formula is C19H30N2O2S. The predicted molar refractivity (Wildman–Crippen MR) is 101 cm³/mol. The van der Waals surface area contributed by atoms with Crippen LogP contribution in [0.1, 0.15) is 24.8 Å². The lowest BCUT2D eigenvalue weighted by Gasteiger charge is -2.29. The lowest BCUT2D eigenvalue weighted by atomic mass is 10.1. The average molecular weight is 351 g/mol. The zero-order valence-corrected chi connectivity index (χ0v) is 15.3. The van der Waals surface area contributed by atoms with E-state index in [9.17, 15) is 5.11 Å². The summed E-state index contributed by atoms with van der Waals surface area (Å²) in [6.07, 6.45) is 3.42. The number of para-hydroxylation sites is 1. The van der Waals surface area contributed by atoms with E-state index in [-0.39, 0.29) is 0 Å². The third-order valence-corrected chi connectivity index (χ3v) is 5.76. The Balaban J connectivity index is 1.48. The van der Waals surface area contributed by atoms with Gasteiger partial charge in [-0.15, -0.1) is 0 Å². The summed E-state index contributed by atoms with van der Waals surface area (Å²) >= 11 is 2.03. The number of piperidine rings is 1. The van der Waals surface area contributed by atoms with E-state index >= 15 is 0 Å². The first-order chi connectivity index (χ1) is 11.8. The first-order valence-electron chi connectivity index (χ1n) is 9.22. The second-order valence-corrected chi connectivity index (χ2v) is 8.05. The molecule has 24 heavy (non-hydrogen) atoms. The van der Waals surface area contributed by atoms with E-state index in [4.69, 9.17) is 4.74 Å². The van der Waals surface area contributed by atoms with Gasteiger partial charge in [-0.2, -0.15) is 11.8 Å². The topological polar surface area (TPSA) is 35.9 Å². The minimum Gasteiger partial charge on any atom is -0.491 e. The molecule has 4 nitrogen and oxygen atoms in total. The lowest BCUT2D eigenvalue weighted by molar-refractivity contribution is 0.0611. The average Bonchev–Trinajstić information content (AvgIpc) is 2.63. The van der Waals surface area contributed by atoms with Crippen molar-refractivity contribution in [3.05, 3.63) is 29.8 Å². The van der Waals surface area contributed by atoms with Gasteiger partial charge in [-0.05, 0) is 32.0 Å². The zero-order valence-electron chi connectivity index (χ0n) is 14.5. The van der Waals surface area contributed by atoms with Crippen LogP contribution in [0.15, 0.2) is 24.3 Å². The van der Waals surface area contributed by atoms with Crippen molar-refractivity contribution in [2.75, 3.05) is 50.8 Å². The van der Waals surface area contributed by atoms with Gasteiger partial charge in [0.05, 0.1) is 0 Å². The largest absolute Gasteiger partial charge is 0.491 e. The van der Waals surface area contributed by atoms with Crippen LogP contribution >= 0.6 is 11.8 Å². The Hall–Kier alpha value is -0.750. The number of ether oxygens (including phenoxy) is 1. The van der Waals surface area contributed by atoms with Crippen LogP contribution in [0.25, 0.3) is 0 Å². The number of nitrogens with zero attached hydrogens (tertiary/aromatic N) is 2. The van der Waals surface area contributed by atoms with Gasteiger partial charge in [0.2, 0.25) is 0 Å². The highest BCUT2D eigenvalue weighted by Gasteiger charge is 2.17. The molecule has 2 heterocycles. The van der Waals surface area contributed by atoms with E-state index < -0.39 is 6.10 Å². The molecule has 1 atom stereocenters. The van der Waals surface area contributed by atoms with Gasteiger partial charge < -0.3 is 14.7 Å². The van der Waals surface area contributed by atoms with Gasteiger partial charge in [-0.25, -0.2) is 0 Å². The van der Waals surface area contributed by atoms with E-state index in [1.807, 2.05) is 23.9 Å². The Bertz CT molecular complexity index is 488. The Morgan fingerprint density at radius 1 is 1.00 bits per heavy atom. The molecule has 2 saturated heterocycles. The van der Waals surface area contributed by atoms with Crippen LogP contribution in [0, 0.1) is 0 Å². The molecule has 2 aliphatic heterocycles. The number of thioether (sulfide) groups is 1. The molecule has 0 aliphatic carbocycles. The number of rotatable bonds is 7. The maximum absolute atomic E-state index is 10.3. The molecule has 0 aromatic heterocycles. The normalized spacial score (nSPS) is 21.5. The summed E-state index contributed by atoms with van der Waals surface area (Å²) in [5.41, 5.74) is 1.23. The minimum atomic E-state index is -0.414. The molecule has 0 bridgehead atoms. The molecule has 1 N–H and O–H groups in total. The summed E-state index contributed by atoms with van der Waals surface area (Å²) in [6, 6.07) is 8.27. The molecular weight excluding hydrogens is 320 g/mol. The Morgan fingerprint density at radius 3 is 2.54 bits per heavy atom. The molecule has 5 heteroatoms. The predicted octanol–water partition coefficient (Wildman–Crippen LogP) is 2.46. The highest BCUT2D eigenvalue weighted by atomic mass is 32.2. The van der Waals surface area contributed by atoms with Crippen molar-refractivity contribution in [1.29, 1.82) is 0 Å². The van der Waals surface area contributed by atoms with Crippen molar-refractivity contribution in [3.8, 4) is 5.75 Å². The number of likely N-dealkylation sites (tertiary alicyclic amines) is 1. The highest BCUT2D eigenvalue weighted by Crippen LogP contribution is 2.22. The second kappa shape index (κ2) is 9.66. The van der Waals surface area contributed by atoms with Crippen LogP contribution < -0.4 is 4.74 Å². The second-order valence-electron chi connectivity index (χ2n) is 6.82. The Morgan fingerprint density at radius 2 is 1.75 bits per heavy atom. The van der Waals surface area contributed by atoms with Crippen LogP contribution in [-0.4, -0.2) is 71.8 Å². The van der Waals surface area contributed by atoms with Crippen molar-refractivity contribution >= 4 is 11.8 Å². The van der Waals surface area contributed by atoms with E-state index in [1.54, 1.807) is 0 Å². The Labute approximate surface area is 150 Å². The number of aliphatic hydroxyl groups excluding tert-OH is 1. The lowest BCUT2D eigenvalue weighted by Crippen LogP contribution is -2.38. The highest BCUT2D eigenvalue weighted by molar-refractivity contribution is 7.99. The summed E-state index contributed by atoms with van der Waals surface area (Å²) in [7, 11) is 0. The molecule has 0 radical (unpaired) electrons. The van der Waals surface area contributed by atoms with Crippen LogP contribution in [0.3, 0.4) is 0 Å². The van der Waals surface area contributed by atoms with Gasteiger partial charge in [-0.3, -0.25) is 4.90 Å². The van der Waals surface area contributed by atoms with Gasteiger partial charge >= 0.3 is 0 Å². The quantitative estimate of drug-likeness (QED) is 0.817. The number of aliphatic hydroxyl groups is 1. The standard InChI is InChI=1S/C19H30N2O2S/c22-18(15-20-8-4-1-5-9-20)16-23-19-7-3-2-6-17(19)14-21-10-12-24-13-11-21/h2-3,6-7,18,22H,1,4-5,8-16H2. The van der Waals surface area contributed by atoms with Crippen LogP contribution in [0.5, 0.6) is 5.75 Å². The van der Waals surface area contributed by atoms with Crippen molar-refractivity contribution in [2.24, 2.45) is 0 Å². The van der Waals surface area contributed by atoms with Crippen LogP contribution in [0.4, 0.5) is 0 Å². The fourth-order valence-electron chi connectivity index (χ4n) is 3.45. The third-order valence-electron chi connectivity index (χ3n) is 4.82. The fraction of sp³-hybridized carbons (Fsp3) is 0.684. The maximum atomic E-state index is 10.3. The van der Waals surface area contributed by atoms with E-state index in [1.165, 1.54) is 36.3 Å². The van der Waals surface area contributed by atoms with Crippen LogP contribution in [0.2, 0.25) is 0 Å². The first-order valence-corrected chi connectivity index (χ1v) is 10.4. The summed E-state index contributed by atoms with van der Waals surface area (Å²) in [5, 5.41) is 10.3. The van der Waals surface area contributed by atoms with Crippen molar-refractivity contribution in [1.82, 2.24) is 9.80 Å². The van der Waals surface area contributed by atoms with Gasteiger partial charge in [0.15, 0.2) is 0 Å². The van der Waals surface area contributed by atoms with Crippen molar-refractivity contribution < 1.29 is 9.84 Å². The maximum Gasteiger partial charge on any atom is 0.123 e. The number of hydrogen-bond donors (Lipinski definition) is 1. The summed E-state index contributed by atoms with van der Waals surface area (Å²) < 4.78 is 5.97. The van der Waals surface area contributed by atoms with Gasteiger partial charge in [0, 0.05) is 43.2 Å². The molecule has 1 aromatic carbocycles. The summed E-state index contributed by atoms with van der Waals surface area (Å²) in [4.78, 5) is 4.84. The molecule has 2 aliphatic rings. The third kappa shape index (κ3) is 5.66. The SMILES string of the molecule is OC(COc1ccccc1CN1CCSCC1)CN1CCCCC1. The number of benzene rings is 1. The Kier molecular flexibility index (Phi) is 7.27. The van der Waals surface area contributed by atoms with Gasteiger partial charge in [0.25, 0.3) is 0 Å². The molecule has 0 saturated carbocycles. The summed E-state index contributed by atoms with van der Waals surface area (Å²) in [5.74, 6) is 3.36. The van der Waals surface area contributed by atoms with Crippen molar-refractivity contribution in [3.63, 3.8) is 0 Å². The first kappa shape index (κ1) is 18.1. The van der Waals surface area contributed by atoms with E-state index in [0.717, 1.165) is 45.0 Å². The molecule has 0 spiro atoms. The molecule has 1 aromatic rings. The zero-order chi connectivity index (χ0) is 16.6.